The van der Waals surface area contributed by atoms with Crippen molar-refractivity contribution in [3.05, 3.63) is 10.6 Å². The second kappa shape index (κ2) is 4.52. The van der Waals surface area contributed by atoms with E-state index in [1.807, 2.05) is 6.92 Å². The van der Waals surface area contributed by atoms with E-state index in [1.54, 1.807) is 0 Å². The van der Waals surface area contributed by atoms with Gasteiger partial charge in [0, 0.05) is 22.9 Å². The molecule has 0 radical (unpaired) electrons. The zero-order valence-corrected chi connectivity index (χ0v) is 13.0. The minimum atomic E-state index is -0.0936. The largest absolute Gasteiger partial charge is 0.347 e. The number of hydrogen-bond acceptors (Lipinski definition) is 5. The van der Waals surface area contributed by atoms with E-state index in [0.717, 1.165) is 23.6 Å². The molecule has 1 aliphatic carbocycles. The van der Waals surface area contributed by atoms with Gasteiger partial charge in [-0.3, -0.25) is 4.79 Å². The van der Waals surface area contributed by atoms with Crippen LogP contribution in [0.15, 0.2) is 0 Å². The normalized spacial score (nSPS) is 27.7. The van der Waals surface area contributed by atoms with Crippen LogP contribution >= 0.6 is 11.5 Å². The van der Waals surface area contributed by atoms with Crippen LogP contribution < -0.4 is 11.1 Å². The van der Waals surface area contributed by atoms with Crippen LogP contribution in [0.4, 0.5) is 0 Å². The van der Waals surface area contributed by atoms with Crippen LogP contribution in [0.1, 0.15) is 50.0 Å². The fourth-order valence-electron chi connectivity index (χ4n) is 3.36. The molecule has 106 valence electrons. The molecule has 1 aromatic rings. The zero-order valence-electron chi connectivity index (χ0n) is 12.2. The van der Waals surface area contributed by atoms with Crippen LogP contribution in [0.3, 0.4) is 0 Å². The van der Waals surface area contributed by atoms with Gasteiger partial charge in [-0.15, -0.1) is 5.10 Å². The van der Waals surface area contributed by atoms with E-state index in [0.29, 0.717) is 4.88 Å². The SMILES string of the molecule is CCc1nnsc1C(=O)NC1C(C)(C)C(N)C1(C)C. The second-order valence-corrected chi connectivity index (χ2v) is 7.18. The first-order valence-corrected chi connectivity index (χ1v) is 7.38. The minimum Gasteiger partial charge on any atom is -0.347 e. The molecule has 0 atom stereocenters. The van der Waals surface area contributed by atoms with E-state index in [4.69, 9.17) is 5.73 Å². The maximum atomic E-state index is 12.3. The number of carbonyl (C=O) groups is 1. The highest BCUT2D eigenvalue weighted by Gasteiger charge is 2.60. The van der Waals surface area contributed by atoms with Crippen molar-refractivity contribution in [3.63, 3.8) is 0 Å². The molecule has 1 amide bonds. The fraction of sp³-hybridized carbons (Fsp3) is 0.769. The molecule has 1 saturated carbocycles. The average Bonchev–Trinajstić information content (AvgIpc) is 2.82. The van der Waals surface area contributed by atoms with Crippen molar-refractivity contribution < 1.29 is 4.79 Å². The highest BCUT2D eigenvalue weighted by Crippen LogP contribution is 2.52. The van der Waals surface area contributed by atoms with Crippen LogP contribution in [0.25, 0.3) is 0 Å². The first-order chi connectivity index (χ1) is 8.72. The predicted molar refractivity (Wildman–Crippen MR) is 76.1 cm³/mol. The molecule has 1 fully saturated rings. The lowest BCUT2D eigenvalue weighted by Crippen LogP contribution is -2.76. The molecule has 1 heterocycles. The Balaban J connectivity index is 2.16. The van der Waals surface area contributed by atoms with E-state index < -0.39 is 0 Å². The summed E-state index contributed by atoms with van der Waals surface area (Å²) in [6, 6.07) is 0.143. The number of rotatable bonds is 3. The quantitative estimate of drug-likeness (QED) is 0.882. The van der Waals surface area contributed by atoms with Crippen molar-refractivity contribution >= 4 is 17.4 Å². The highest BCUT2D eigenvalue weighted by atomic mass is 32.1. The Morgan fingerprint density at radius 1 is 1.37 bits per heavy atom. The number of aromatic nitrogens is 2. The molecule has 0 spiro atoms. The number of nitrogens with zero attached hydrogens (tertiary/aromatic N) is 2. The highest BCUT2D eigenvalue weighted by molar-refractivity contribution is 7.08. The van der Waals surface area contributed by atoms with Gasteiger partial charge in [0.1, 0.15) is 4.88 Å². The van der Waals surface area contributed by atoms with Crippen LogP contribution in [-0.4, -0.2) is 27.6 Å². The Bertz CT molecular complexity index is 479. The molecular weight excluding hydrogens is 260 g/mol. The Morgan fingerprint density at radius 2 is 1.95 bits per heavy atom. The minimum absolute atomic E-state index is 0.0642. The molecule has 5 nitrogen and oxygen atoms in total. The van der Waals surface area contributed by atoms with Crippen LogP contribution in [0.5, 0.6) is 0 Å². The Labute approximate surface area is 118 Å². The number of carbonyl (C=O) groups excluding carboxylic acids is 1. The van der Waals surface area contributed by atoms with Crippen molar-refractivity contribution in [1.29, 1.82) is 0 Å². The van der Waals surface area contributed by atoms with Crippen molar-refractivity contribution in [1.82, 2.24) is 14.9 Å². The summed E-state index contributed by atoms with van der Waals surface area (Å²) in [7, 11) is 0. The molecule has 0 aromatic carbocycles. The maximum absolute atomic E-state index is 12.3. The predicted octanol–water partition coefficient (Wildman–Crippen LogP) is 1.59. The Morgan fingerprint density at radius 3 is 2.47 bits per heavy atom. The summed E-state index contributed by atoms with van der Waals surface area (Å²) in [6.45, 7) is 10.4. The van der Waals surface area contributed by atoms with Crippen molar-refractivity contribution in [3.8, 4) is 0 Å². The first kappa shape index (κ1) is 14.4. The van der Waals surface area contributed by atoms with Gasteiger partial charge >= 0.3 is 0 Å². The van der Waals surface area contributed by atoms with Gasteiger partial charge in [-0.1, -0.05) is 39.1 Å². The molecule has 0 bridgehead atoms. The van der Waals surface area contributed by atoms with E-state index in [1.165, 1.54) is 0 Å². The molecule has 2 rings (SSSR count). The first-order valence-electron chi connectivity index (χ1n) is 6.60. The lowest BCUT2D eigenvalue weighted by Gasteiger charge is -2.62. The molecule has 6 heteroatoms. The van der Waals surface area contributed by atoms with Gasteiger partial charge in [0.05, 0.1) is 5.69 Å². The lowest BCUT2D eigenvalue weighted by atomic mass is 9.48. The standard InChI is InChI=1S/C13H22N4OS/c1-6-7-8(19-17-16-7)9(18)15-11-12(2,3)10(14)13(11,4)5/h10-11H,6,14H2,1-5H3,(H,15,18). The van der Waals surface area contributed by atoms with Gasteiger partial charge in [-0.2, -0.15) is 0 Å². The third-order valence-electron chi connectivity index (χ3n) is 4.46. The molecule has 0 unspecified atom stereocenters. The summed E-state index contributed by atoms with van der Waals surface area (Å²) in [6.07, 6.45) is 0.718. The topological polar surface area (TPSA) is 80.9 Å². The number of hydrogen-bond donors (Lipinski definition) is 2. The lowest BCUT2D eigenvalue weighted by molar-refractivity contribution is -0.0663. The summed E-state index contributed by atoms with van der Waals surface area (Å²) in [5.41, 5.74) is 6.78. The Hall–Kier alpha value is -1.01. The number of amides is 1. The fourth-order valence-corrected chi connectivity index (χ4v) is 4.01. The smallest absolute Gasteiger partial charge is 0.265 e. The zero-order chi connectivity index (χ0) is 14.4. The van der Waals surface area contributed by atoms with Gasteiger partial charge in [0.25, 0.3) is 5.91 Å². The van der Waals surface area contributed by atoms with Gasteiger partial charge in [0.2, 0.25) is 0 Å². The third kappa shape index (κ3) is 2.07. The van der Waals surface area contributed by atoms with E-state index in [2.05, 4.69) is 42.6 Å². The van der Waals surface area contributed by atoms with E-state index in [-0.39, 0.29) is 28.8 Å². The van der Waals surface area contributed by atoms with E-state index >= 15 is 0 Å². The van der Waals surface area contributed by atoms with Gasteiger partial charge in [-0.25, -0.2) is 0 Å². The summed E-state index contributed by atoms with van der Waals surface area (Å²) >= 11 is 1.16. The van der Waals surface area contributed by atoms with Gasteiger partial charge in [0.15, 0.2) is 0 Å². The van der Waals surface area contributed by atoms with Crippen LogP contribution in [0.2, 0.25) is 0 Å². The van der Waals surface area contributed by atoms with Crippen LogP contribution in [0, 0.1) is 10.8 Å². The molecular formula is C13H22N4OS. The molecule has 19 heavy (non-hydrogen) atoms. The number of nitrogens with two attached hydrogens (primary N) is 1. The molecule has 0 aliphatic heterocycles. The summed E-state index contributed by atoms with van der Waals surface area (Å²) in [5, 5.41) is 7.09. The summed E-state index contributed by atoms with van der Waals surface area (Å²) < 4.78 is 3.86. The summed E-state index contributed by atoms with van der Waals surface area (Å²) in [5.74, 6) is -0.0788. The maximum Gasteiger partial charge on any atom is 0.265 e. The van der Waals surface area contributed by atoms with Crippen molar-refractivity contribution in [2.45, 2.75) is 53.1 Å². The van der Waals surface area contributed by atoms with Gasteiger partial charge < -0.3 is 11.1 Å². The molecule has 0 saturated heterocycles. The Kier molecular flexibility index (Phi) is 3.43. The molecule has 1 aliphatic rings. The van der Waals surface area contributed by atoms with Crippen LogP contribution in [-0.2, 0) is 6.42 Å². The number of nitrogens with one attached hydrogen (secondary N) is 1. The average molecular weight is 282 g/mol. The van der Waals surface area contributed by atoms with Gasteiger partial charge in [-0.05, 0) is 18.0 Å². The third-order valence-corrected chi connectivity index (χ3v) is 5.23. The summed E-state index contributed by atoms with van der Waals surface area (Å²) in [4.78, 5) is 13.0. The van der Waals surface area contributed by atoms with E-state index in [9.17, 15) is 4.79 Å². The van der Waals surface area contributed by atoms with Crippen molar-refractivity contribution in [2.75, 3.05) is 0 Å². The van der Waals surface area contributed by atoms with Crippen molar-refractivity contribution in [2.24, 2.45) is 16.6 Å². The molecule has 3 N–H and O–H groups in total. The number of aryl methyl sites for hydroxylation is 1. The second-order valence-electron chi connectivity index (χ2n) is 6.43. The molecule has 1 aromatic heterocycles. The monoisotopic (exact) mass is 282 g/mol.